The van der Waals surface area contributed by atoms with Gasteiger partial charge in [-0.3, -0.25) is 9.59 Å². The molecule has 1 heterocycles. The number of aromatic nitrogens is 1. The fourth-order valence-corrected chi connectivity index (χ4v) is 3.04. The van der Waals surface area contributed by atoms with E-state index in [-0.39, 0.29) is 0 Å². The first kappa shape index (κ1) is 19.4. The highest BCUT2D eigenvalue weighted by Crippen LogP contribution is 2.22. The van der Waals surface area contributed by atoms with E-state index in [1.807, 2.05) is 54.8 Å². The molecule has 0 bridgehead atoms. The molecule has 0 aliphatic rings. The van der Waals surface area contributed by atoms with E-state index in [2.05, 4.69) is 15.8 Å². The van der Waals surface area contributed by atoms with Crippen molar-refractivity contribution in [3.05, 3.63) is 82.6 Å². The van der Waals surface area contributed by atoms with Crippen LogP contribution in [0.1, 0.15) is 17.0 Å². The lowest BCUT2D eigenvalue weighted by atomic mass is 10.2. The molecule has 2 N–H and O–H groups in total. The van der Waals surface area contributed by atoms with Gasteiger partial charge in [0.15, 0.2) is 0 Å². The second-order valence-electron chi connectivity index (χ2n) is 6.16. The number of aryl methyl sites for hydroxylation is 1. The predicted octanol–water partition coefficient (Wildman–Crippen LogP) is 3.84. The Bertz CT molecular complexity index is 1040. The van der Waals surface area contributed by atoms with Crippen molar-refractivity contribution in [1.82, 2.24) is 9.99 Å². The summed E-state index contributed by atoms with van der Waals surface area (Å²) in [6.45, 7) is 3.91. The van der Waals surface area contributed by atoms with Crippen molar-refractivity contribution in [2.24, 2.45) is 5.10 Å². The molecule has 0 fully saturated rings. The quantitative estimate of drug-likeness (QED) is 0.401. The van der Waals surface area contributed by atoms with Crippen LogP contribution in [0, 0.1) is 13.8 Å². The summed E-state index contributed by atoms with van der Waals surface area (Å²) in [6, 6.07) is 18.2. The molecule has 2 aromatic carbocycles. The summed E-state index contributed by atoms with van der Waals surface area (Å²) >= 11 is 6.09. The Morgan fingerprint density at radius 2 is 1.75 bits per heavy atom. The molecular weight excluding hydrogens is 376 g/mol. The maximum Gasteiger partial charge on any atom is 0.329 e. The number of rotatable bonds is 4. The van der Waals surface area contributed by atoms with Gasteiger partial charge in [-0.2, -0.15) is 5.10 Å². The van der Waals surface area contributed by atoms with Gasteiger partial charge >= 0.3 is 11.8 Å². The van der Waals surface area contributed by atoms with Crippen molar-refractivity contribution < 1.29 is 9.59 Å². The van der Waals surface area contributed by atoms with Crippen molar-refractivity contribution in [1.29, 1.82) is 0 Å². The van der Waals surface area contributed by atoms with Crippen molar-refractivity contribution in [3.8, 4) is 5.69 Å². The highest BCUT2D eigenvalue weighted by Gasteiger charge is 2.13. The zero-order chi connectivity index (χ0) is 20.1. The Hall–Kier alpha value is -3.38. The van der Waals surface area contributed by atoms with Crippen molar-refractivity contribution in [2.45, 2.75) is 13.8 Å². The lowest BCUT2D eigenvalue weighted by Gasteiger charge is -2.09. The molecule has 2 amide bonds. The van der Waals surface area contributed by atoms with Gasteiger partial charge in [-0.15, -0.1) is 0 Å². The number of amides is 2. The number of nitrogens with one attached hydrogen (secondary N) is 2. The number of anilines is 1. The van der Waals surface area contributed by atoms with E-state index in [4.69, 9.17) is 11.6 Å². The Morgan fingerprint density at radius 3 is 2.46 bits per heavy atom. The van der Waals surface area contributed by atoms with Crippen LogP contribution in [0.4, 0.5) is 5.69 Å². The fourth-order valence-electron chi connectivity index (χ4n) is 2.85. The maximum absolute atomic E-state index is 11.9. The van der Waals surface area contributed by atoms with E-state index < -0.39 is 11.8 Å². The van der Waals surface area contributed by atoms with E-state index >= 15 is 0 Å². The average molecular weight is 395 g/mol. The van der Waals surface area contributed by atoms with Crippen LogP contribution in [0.5, 0.6) is 0 Å². The first-order chi connectivity index (χ1) is 13.5. The van der Waals surface area contributed by atoms with E-state index in [0.717, 1.165) is 22.6 Å². The minimum Gasteiger partial charge on any atom is -0.318 e. The van der Waals surface area contributed by atoms with Gasteiger partial charge in [0, 0.05) is 33.3 Å². The van der Waals surface area contributed by atoms with Gasteiger partial charge in [0.25, 0.3) is 0 Å². The summed E-state index contributed by atoms with van der Waals surface area (Å²) < 4.78 is 2.04. The summed E-state index contributed by atoms with van der Waals surface area (Å²) in [7, 11) is 0. The van der Waals surface area contributed by atoms with Gasteiger partial charge in [0.05, 0.1) is 6.21 Å². The van der Waals surface area contributed by atoms with E-state index in [1.54, 1.807) is 24.3 Å². The Labute approximate surface area is 167 Å². The molecular formula is C21H19ClN4O2. The summed E-state index contributed by atoms with van der Waals surface area (Å²) in [4.78, 5) is 23.8. The van der Waals surface area contributed by atoms with E-state index in [0.29, 0.717) is 10.7 Å². The van der Waals surface area contributed by atoms with Crippen LogP contribution in [0.15, 0.2) is 65.8 Å². The molecule has 3 aromatic rings. The average Bonchev–Trinajstić information content (AvgIpc) is 2.96. The Morgan fingerprint density at radius 1 is 1.00 bits per heavy atom. The number of halogens is 1. The summed E-state index contributed by atoms with van der Waals surface area (Å²) in [5.74, 6) is -1.63. The van der Waals surface area contributed by atoms with Crippen molar-refractivity contribution in [3.63, 3.8) is 0 Å². The minimum atomic E-state index is -0.844. The van der Waals surface area contributed by atoms with Gasteiger partial charge < -0.3 is 9.88 Å². The number of benzene rings is 2. The van der Waals surface area contributed by atoms with E-state index in [1.165, 1.54) is 6.21 Å². The lowest BCUT2D eigenvalue weighted by Crippen LogP contribution is -2.32. The van der Waals surface area contributed by atoms with Crippen molar-refractivity contribution >= 4 is 35.3 Å². The molecule has 0 saturated carbocycles. The summed E-state index contributed by atoms with van der Waals surface area (Å²) in [6.07, 6.45) is 1.51. The third-order valence-electron chi connectivity index (χ3n) is 4.14. The molecule has 3 rings (SSSR count). The Kier molecular flexibility index (Phi) is 5.91. The third kappa shape index (κ3) is 4.47. The van der Waals surface area contributed by atoms with Gasteiger partial charge in [0.1, 0.15) is 0 Å². The molecule has 0 spiro atoms. The molecule has 7 heteroatoms. The van der Waals surface area contributed by atoms with Crippen LogP contribution >= 0.6 is 11.6 Å². The normalized spacial score (nSPS) is 10.8. The molecule has 0 unspecified atom stereocenters. The SMILES string of the molecule is Cc1cc(/C=N\NC(=O)C(=O)Nc2ccccc2)c(C)n1-c1cccc(Cl)c1. The molecule has 0 aliphatic carbocycles. The van der Waals surface area contributed by atoms with Crippen molar-refractivity contribution in [2.75, 3.05) is 5.32 Å². The number of carbonyl (C=O) groups is 2. The molecule has 6 nitrogen and oxygen atoms in total. The van der Waals surface area contributed by atoms with Gasteiger partial charge in [-0.05, 0) is 50.2 Å². The molecule has 0 saturated heterocycles. The van der Waals surface area contributed by atoms with Crippen LogP contribution in [0.3, 0.4) is 0 Å². The highest BCUT2D eigenvalue weighted by molar-refractivity contribution is 6.39. The second kappa shape index (κ2) is 8.54. The third-order valence-corrected chi connectivity index (χ3v) is 4.38. The van der Waals surface area contributed by atoms with Crippen LogP contribution in [-0.4, -0.2) is 22.6 Å². The monoisotopic (exact) mass is 394 g/mol. The first-order valence-electron chi connectivity index (χ1n) is 8.60. The maximum atomic E-state index is 11.9. The fraction of sp³-hybridized carbons (Fsp3) is 0.0952. The number of hydrazone groups is 1. The lowest BCUT2D eigenvalue weighted by molar-refractivity contribution is -0.136. The van der Waals surface area contributed by atoms with Gasteiger partial charge in [0.2, 0.25) is 0 Å². The number of para-hydroxylation sites is 1. The molecule has 28 heavy (non-hydrogen) atoms. The van der Waals surface area contributed by atoms with Crippen LogP contribution in [0.25, 0.3) is 5.69 Å². The minimum absolute atomic E-state index is 0.539. The largest absolute Gasteiger partial charge is 0.329 e. The van der Waals surface area contributed by atoms with Crippen LogP contribution < -0.4 is 10.7 Å². The van der Waals surface area contributed by atoms with Crippen LogP contribution in [-0.2, 0) is 9.59 Å². The standard InChI is InChI=1S/C21H19ClN4O2/c1-14-11-16(15(2)26(14)19-10-6-7-17(22)12-19)13-23-25-21(28)20(27)24-18-8-4-3-5-9-18/h3-13H,1-2H3,(H,24,27)(H,25,28)/b23-13-. The topological polar surface area (TPSA) is 75.5 Å². The van der Waals surface area contributed by atoms with E-state index in [9.17, 15) is 9.59 Å². The first-order valence-corrected chi connectivity index (χ1v) is 8.98. The van der Waals surface area contributed by atoms with Gasteiger partial charge in [-0.25, -0.2) is 5.43 Å². The smallest absolute Gasteiger partial charge is 0.318 e. The van der Waals surface area contributed by atoms with Gasteiger partial charge in [-0.1, -0.05) is 35.9 Å². The number of nitrogens with zero attached hydrogens (tertiary/aromatic N) is 2. The zero-order valence-corrected chi connectivity index (χ0v) is 16.2. The number of carbonyl (C=O) groups excluding carboxylic acids is 2. The number of hydrogen-bond acceptors (Lipinski definition) is 3. The molecule has 0 radical (unpaired) electrons. The summed E-state index contributed by atoms with van der Waals surface area (Å²) in [5, 5.41) is 7.06. The summed E-state index contributed by atoms with van der Waals surface area (Å²) in [5.41, 5.74) is 6.47. The zero-order valence-electron chi connectivity index (χ0n) is 15.4. The Balaban J connectivity index is 1.68. The molecule has 1 aromatic heterocycles. The van der Waals surface area contributed by atoms with Crippen LogP contribution in [0.2, 0.25) is 5.02 Å². The predicted molar refractivity (Wildman–Crippen MR) is 111 cm³/mol. The highest BCUT2D eigenvalue weighted by atomic mass is 35.5. The number of hydrogen-bond donors (Lipinski definition) is 2. The second-order valence-corrected chi connectivity index (χ2v) is 6.60. The molecule has 0 atom stereocenters. The molecule has 142 valence electrons. The molecule has 0 aliphatic heterocycles.